The van der Waals surface area contributed by atoms with E-state index in [1.54, 1.807) is 0 Å². The molecule has 1 aliphatic carbocycles. The Morgan fingerprint density at radius 3 is 2.74 bits per heavy atom. The van der Waals surface area contributed by atoms with Crippen molar-refractivity contribution in [1.29, 1.82) is 0 Å². The molecule has 1 aliphatic heterocycles. The van der Waals surface area contributed by atoms with Crippen LogP contribution in [0.5, 0.6) is 0 Å². The summed E-state index contributed by atoms with van der Waals surface area (Å²) in [6.07, 6.45) is 4.78. The second kappa shape index (κ2) is 7.55. The molecule has 2 unspecified atom stereocenters. The fraction of sp³-hybridized carbons (Fsp3) is 1.00. The van der Waals surface area contributed by atoms with Crippen LogP contribution in [0, 0.1) is 0 Å². The van der Waals surface area contributed by atoms with Crippen LogP contribution in [0.25, 0.3) is 0 Å². The molecule has 5 nitrogen and oxygen atoms in total. The van der Waals surface area contributed by atoms with Crippen LogP contribution in [0.2, 0.25) is 0 Å². The van der Waals surface area contributed by atoms with Gasteiger partial charge in [0.1, 0.15) is 0 Å². The van der Waals surface area contributed by atoms with Crippen LogP contribution in [0.1, 0.15) is 39.0 Å². The molecule has 0 bridgehead atoms. The minimum atomic E-state index is -0.427. The highest BCUT2D eigenvalue weighted by Gasteiger charge is 2.44. The second-order valence-electron chi connectivity index (χ2n) is 5.39. The first kappa shape index (κ1) is 15.2. The molecule has 0 aromatic rings. The molecule has 0 radical (unpaired) electrons. The minimum absolute atomic E-state index is 0.0154. The molecule has 2 N–H and O–H groups in total. The van der Waals surface area contributed by atoms with Crippen molar-refractivity contribution in [2.24, 2.45) is 5.73 Å². The van der Waals surface area contributed by atoms with Gasteiger partial charge in [0.25, 0.3) is 0 Å². The zero-order valence-corrected chi connectivity index (χ0v) is 11.9. The van der Waals surface area contributed by atoms with Crippen molar-refractivity contribution in [2.45, 2.75) is 57.0 Å². The zero-order chi connectivity index (χ0) is 13.6. The van der Waals surface area contributed by atoms with E-state index in [0.717, 1.165) is 38.7 Å². The highest BCUT2D eigenvalue weighted by atomic mass is 16.7. The standard InChI is InChI=1S/C14H27NO4/c1-2-3-6-16-7-8-17-13-11-14(5-4-12(13)15)18-9-10-19-14/h12-13H,2-11,15H2,1H3. The van der Waals surface area contributed by atoms with Gasteiger partial charge in [0.05, 0.1) is 32.5 Å². The summed E-state index contributed by atoms with van der Waals surface area (Å²) in [7, 11) is 0. The van der Waals surface area contributed by atoms with Gasteiger partial charge < -0.3 is 24.7 Å². The summed E-state index contributed by atoms with van der Waals surface area (Å²) in [6.45, 7) is 5.56. The van der Waals surface area contributed by atoms with Crippen molar-refractivity contribution in [1.82, 2.24) is 0 Å². The van der Waals surface area contributed by atoms with Gasteiger partial charge in [0.2, 0.25) is 0 Å². The van der Waals surface area contributed by atoms with Crippen LogP contribution in [-0.2, 0) is 18.9 Å². The Bertz CT molecular complexity index is 256. The summed E-state index contributed by atoms with van der Waals surface area (Å²) in [4.78, 5) is 0. The van der Waals surface area contributed by atoms with Gasteiger partial charge in [-0.2, -0.15) is 0 Å². The Balaban J connectivity index is 1.66. The number of nitrogens with two attached hydrogens (primary N) is 1. The van der Waals surface area contributed by atoms with Crippen LogP contribution in [0.15, 0.2) is 0 Å². The van der Waals surface area contributed by atoms with Crippen LogP contribution in [0.3, 0.4) is 0 Å². The zero-order valence-electron chi connectivity index (χ0n) is 11.9. The van der Waals surface area contributed by atoms with Crippen LogP contribution < -0.4 is 5.73 Å². The lowest BCUT2D eigenvalue weighted by atomic mass is 9.88. The van der Waals surface area contributed by atoms with Gasteiger partial charge in [-0.1, -0.05) is 13.3 Å². The van der Waals surface area contributed by atoms with Crippen LogP contribution in [-0.4, -0.2) is 51.0 Å². The Morgan fingerprint density at radius 2 is 2.00 bits per heavy atom. The van der Waals surface area contributed by atoms with E-state index >= 15 is 0 Å². The highest BCUT2D eigenvalue weighted by Crippen LogP contribution is 2.36. The Labute approximate surface area is 115 Å². The van der Waals surface area contributed by atoms with E-state index in [2.05, 4.69) is 6.92 Å². The lowest BCUT2D eigenvalue weighted by molar-refractivity contribution is -0.206. The van der Waals surface area contributed by atoms with Gasteiger partial charge in [-0.25, -0.2) is 0 Å². The SMILES string of the molecule is CCCCOCCOC1CC2(CCC1N)OCCO2. The van der Waals surface area contributed by atoms with Crippen molar-refractivity contribution >= 4 is 0 Å². The first-order valence-electron chi connectivity index (χ1n) is 7.48. The van der Waals surface area contributed by atoms with Gasteiger partial charge in [0.15, 0.2) is 5.79 Å². The van der Waals surface area contributed by atoms with Crippen molar-refractivity contribution in [3.63, 3.8) is 0 Å². The fourth-order valence-electron chi connectivity index (χ4n) is 2.68. The Kier molecular flexibility index (Phi) is 6.04. The van der Waals surface area contributed by atoms with E-state index in [1.807, 2.05) is 0 Å². The largest absolute Gasteiger partial charge is 0.379 e. The molecule has 0 amide bonds. The van der Waals surface area contributed by atoms with Gasteiger partial charge in [-0.15, -0.1) is 0 Å². The van der Waals surface area contributed by atoms with E-state index in [4.69, 9.17) is 24.7 Å². The van der Waals surface area contributed by atoms with Gasteiger partial charge in [-0.3, -0.25) is 0 Å². The summed E-state index contributed by atoms with van der Waals surface area (Å²) in [5.41, 5.74) is 6.12. The molecule has 1 saturated carbocycles. The Morgan fingerprint density at radius 1 is 1.21 bits per heavy atom. The lowest BCUT2D eigenvalue weighted by Gasteiger charge is -2.39. The average Bonchev–Trinajstić information content (AvgIpc) is 2.86. The number of unbranched alkanes of at least 4 members (excludes halogenated alkanes) is 1. The molecule has 1 spiro atoms. The third-order valence-corrected chi connectivity index (χ3v) is 3.86. The maximum Gasteiger partial charge on any atom is 0.171 e. The molecule has 5 heteroatoms. The molecule has 2 atom stereocenters. The topological polar surface area (TPSA) is 62.9 Å². The van der Waals surface area contributed by atoms with Crippen molar-refractivity contribution < 1.29 is 18.9 Å². The number of ether oxygens (including phenoxy) is 4. The lowest BCUT2D eigenvalue weighted by Crippen LogP contribution is -2.50. The molecule has 2 fully saturated rings. The summed E-state index contributed by atoms with van der Waals surface area (Å²) in [5.74, 6) is -0.427. The van der Waals surface area contributed by atoms with Crippen LogP contribution in [0.4, 0.5) is 0 Å². The first-order valence-corrected chi connectivity index (χ1v) is 7.48. The number of rotatable bonds is 7. The molecule has 2 aliphatic rings. The van der Waals surface area contributed by atoms with Crippen molar-refractivity contribution in [3.8, 4) is 0 Å². The van der Waals surface area contributed by atoms with E-state index in [9.17, 15) is 0 Å². The molecule has 1 heterocycles. The van der Waals surface area contributed by atoms with Gasteiger partial charge in [-0.05, 0) is 12.8 Å². The summed E-state index contributed by atoms with van der Waals surface area (Å²) in [6, 6.07) is 0.0778. The molecule has 19 heavy (non-hydrogen) atoms. The summed E-state index contributed by atoms with van der Waals surface area (Å²) in [5, 5.41) is 0. The normalized spacial score (nSPS) is 30.0. The molecule has 0 aromatic heterocycles. The minimum Gasteiger partial charge on any atom is -0.379 e. The van der Waals surface area contributed by atoms with Gasteiger partial charge >= 0.3 is 0 Å². The van der Waals surface area contributed by atoms with Gasteiger partial charge in [0, 0.05) is 25.5 Å². The predicted molar refractivity (Wildman–Crippen MR) is 71.9 cm³/mol. The maximum absolute atomic E-state index is 6.12. The summed E-state index contributed by atoms with van der Waals surface area (Å²) < 4.78 is 22.8. The molecular formula is C14H27NO4. The molecule has 112 valence electrons. The van der Waals surface area contributed by atoms with E-state index in [1.165, 1.54) is 0 Å². The fourth-order valence-corrected chi connectivity index (χ4v) is 2.68. The first-order chi connectivity index (χ1) is 9.26. The Hall–Kier alpha value is -0.200. The van der Waals surface area contributed by atoms with Crippen LogP contribution >= 0.6 is 0 Å². The predicted octanol–water partition coefficient (Wildman–Crippen LogP) is 1.44. The average molecular weight is 273 g/mol. The highest BCUT2D eigenvalue weighted by molar-refractivity contribution is 4.90. The molecular weight excluding hydrogens is 246 g/mol. The molecule has 0 aromatic carbocycles. The smallest absolute Gasteiger partial charge is 0.171 e. The third-order valence-electron chi connectivity index (χ3n) is 3.86. The van der Waals surface area contributed by atoms with E-state index in [0.29, 0.717) is 26.4 Å². The summed E-state index contributed by atoms with van der Waals surface area (Å²) >= 11 is 0. The number of hydrogen-bond donors (Lipinski definition) is 1. The number of hydrogen-bond acceptors (Lipinski definition) is 5. The third kappa shape index (κ3) is 4.39. The second-order valence-corrected chi connectivity index (χ2v) is 5.39. The molecule has 1 saturated heterocycles. The van der Waals surface area contributed by atoms with Crippen molar-refractivity contribution in [2.75, 3.05) is 33.0 Å². The van der Waals surface area contributed by atoms with E-state index < -0.39 is 5.79 Å². The van der Waals surface area contributed by atoms with Crippen molar-refractivity contribution in [3.05, 3.63) is 0 Å². The maximum atomic E-state index is 6.12. The molecule has 2 rings (SSSR count). The van der Waals surface area contributed by atoms with E-state index in [-0.39, 0.29) is 12.1 Å². The monoisotopic (exact) mass is 273 g/mol. The quantitative estimate of drug-likeness (QED) is 0.711.